The molecule has 0 bridgehead atoms. The number of likely N-dealkylation sites (tertiary alicyclic amines) is 1. The van der Waals surface area contributed by atoms with Crippen LogP contribution in [0.3, 0.4) is 0 Å². The van der Waals surface area contributed by atoms with E-state index in [1.54, 1.807) is 5.38 Å². The molecule has 2 aromatic rings. The zero-order chi connectivity index (χ0) is 17.1. The fourth-order valence-electron chi connectivity index (χ4n) is 2.52. The van der Waals surface area contributed by atoms with Gasteiger partial charge in [0.1, 0.15) is 11.5 Å². The molecule has 1 aliphatic heterocycles. The van der Waals surface area contributed by atoms with Crippen LogP contribution < -0.4 is 5.32 Å². The molecule has 3 rings (SSSR count). The minimum Gasteiger partial charge on any atom is -0.465 e. The first-order valence-corrected chi connectivity index (χ1v) is 8.23. The van der Waals surface area contributed by atoms with Gasteiger partial charge in [0.2, 0.25) is 0 Å². The molecule has 2 N–H and O–H groups in total. The number of pyridine rings is 1. The average Bonchev–Trinajstić information content (AvgIpc) is 3.22. The van der Waals surface area contributed by atoms with Crippen molar-refractivity contribution in [3.8, 4) is 0 Å². The highest BCUT2D eigenvalue weighted by Crippen LogP contribution is 2.29. The molecule has 0 spiro atoms. The fourth-order valence-corrected chi connectivity index (χ4v) is 3.45. The fraction of sp³-hybridized carbons (Fsp3) is 0.333. The van der Waals surface area contributed by atoms with Crippen LogP contribution in [-0.2, 0) is 6.54 Å². The van der Waals surface area contributed by atoms with E-state index >= 15 is 0 Å². The molecule has 1 saturated heterocycles. The highest BCUT2D eigenvalue weighted by atomic mass is 32.1. The Morgan fingerprint density at radius 3 is 3.04 bits per heavy atom. The van der Waals surface area contributed by atoms with E-state index in [9.17, 15) is 14.0 Å². The number of nitrogens with one attached hydrogen (secondary N) is 1. The Morgan fingerprint density at radius 2 is 2.33 bits per heavy atom. The van der Waals surface area contributed by atoms with Crippen molar-refractivity contribution in [3.05, 3.63) is 45.9 Å². The quantitative estimate of drug-likeness (QED) is 0.880. The molecule has 126 valence electrons. The first-order chi connectivity index (χ1) is 11.5. The van der Waals surface area contributed by atoms with E-state index in [1.165, 1.54) is 34.6 Å². The summed E-state index contributed by atoms with van der Waals surface area (Å²) in [5.74, 6) is -0.868. The minimum absolute atomic E-state index is 0.0147. The summed E-state index contributed by atoms with van der Waals surface area (Å²) in [4.78, 5) is 32.6. The highest BCUT2D eigenvalue weighted by molar-refractivity contribution is 7.09. The van der Waals surface area contributed by atoms with Crippen molar-refractivity contribution in [2.24, 2.45) is 0 Å². The lowest BCUT2D eigenvalue weighted by Crippen LogP contribution is -2.26. The number of aromatic nitrogens is 2. The number of hydrogen-bond donors (Lipinski definition) is 2. The monoisotopic (exact) mass is 350 g/mol. The number of carbonyl (C=O) groups is 2. The molecule has 1 fully saturated rings. The Balaban J connectivity index is 1.60. The smallest absolute Gasteiger partial charge is 0.407 e. The molecule has 1 aliphatic rings. The maximum absolute atomic E-state index is 13.5. The standard InChI is InChI=1S/C15H15FN4O3S/c16-10-2-1-4-17-11(10)6-18-13(21)12-8-24-14(19-12)9-3-5-20(7-9)15(22)23/h1-2,4,8-9H,3,5-7H2,(H,18,21)(H,22,23). The average molecular weight is 350 g/mol. The molecule has 9 heteroatoms. The molecule has 0 aromatic carbocycles. The van der Waals surface area contributed by atoms with Crippen LogP contribution in [0.4, 0.5) is 9.18 Å². The van der Waals surface area contributed by atoms with E-state index in [2.05, 4.69) is 15.3 Å². The number of thiazole rings is 1. The van der Waals surface area contributed by atoms with Gasteiger partial charge in [0, 0.05) is 30.6 Å². The van der Waals surface area contributed by atoms with Crippen molar-refractivity contribution in [1.29, 1.82) is 0 Å². The molecule has 1 unspecified atom stereocenters. The Morgan fingerprint density at radius 1 is 1.50 bits per heavy atom. The van der Waals surface area contributed by atoms with Gasteiger partial charge in [-0.1, -0.05) is 0 Å². The second kappa shape index (κ2) is 6.91. The predicted octanol–water partition coefficient (Wildman–Crippen LogP) is 2.07. The van der Waals surface area contributed by atoms with Crippen LogP contribution in [-0.4, -0.2) is 45.1 Å². The van der Waals surface area contributed by atoms with Crippen LogP contribution in [0.1, 0.15) is 33.5 Å². The van der Waals surface area contributed by atoms with E-state index in [0.717, 1.165) is 5.01 Å². The first-order valence-electron chi connectivity index (χ1n) is 7.35. The third-order valence-electron chi connectivity index (χ3n) is 3.81. The number of hydrogen-bond acceptors (Lipinski definition) is 5. The van der Waals surface area contributed by atoms with Gasteiger partial charge >= 0.3 is 6.09 Å². The zero-order valence-corrected chi connectivity index (χ0v) is 13.4. The van der Waals surface area contributed by atoms with Gasteiger partial charge in [-0.05, 0) is 18.6 Å². The van der Waals surface area contributed by atoms with Crippen molar-refractivity contribution < 1.29 is 19.1 Å². The lowest BCUT2D eigenvalue weighted by atomic mass is 10.1. The van der Waals surface area contributed by atoms with Crippen molar-refractivity contribution >= 4 is 23.3 Å². The summed E-state index contributed by atoms with van der Waals surface area (Å²) >= 11 is 1.33. The summed E-state index contributed by atoms with van der Waals surface area (Å²) in [6.45, 7) is 0.845. The summed E-state index contributed by atoms with van der Waals surface area (Å²) in [6, 6.07) is 2.76. The first kappa shape index (κ1) is 16.3. The molecule has 0 saturated carbocycles. The zero-order valence-electron chi connectivity index (χ0n) is 12.6. The van der Waals surface area contributed by atoms with Gasteiger partial charge in [-0.25, -0.2) is 14.2 Å². The molecule has 2 amide bonds. The van der Waals surface area contributed by atoms with E-state index < -0.39 is 17.8 Å². The van der Waals surface area contributed by atoms with Gasteiger partial charge in [0.15, 0.2) is 0 Å². The molecular weight excluding hydrogens is 335 g/mol. The normalized spacial score (nSPS) is 17.0. The van der Waals surface area contributed by atoms with Gasteiger partial charge in [0.05, 0.1) is 17.2 Å². The third kappa shape index (κ3) is 3.51. The number of carboxylic acid groups (broad SMARTS) is 1. The molecule has 0 radical (unpaired) electrons. The van der Waals surface area contributed by atoms with E-state index in [0.29, 0.717) is 19.5 Å². The number of halogens is 1. The Bertz CT molecular complexity index is 767. The third-order valence-corrected chi connectivity index (χ3v) is 4.82. The van der Waals surface area contributed by atoms with Crippen LogP contribution in [0.25, 0.3) is 0 Å². The Hall–Kier alpha value is -2.55. The molecule has 2 aromatic heterocycles. The van der Waals surface area contributed by atoms with Gasteiger partial charge < -0.3 is 15.3 Å². The molecule has 0 aliphatic carbocycles. The summed E-state index contributed by atoms with van der Waals surface area (Å²) in [5.41, 5.74) is 0.411. The summed E-state index contributed by atoms with van der Waals surface area (Å²) < 4.78 is 13.5. The van der Waals surface area contributed by atoms with Crippen LogP contribution >= 0.6 is 11.3 Å². The molecule has 7 nitrogen and oxygen atoms in total. The maximum Gasteiger partial charge on any atom is 0.407 e. The van der Waals surface area contributed by atoms with Gasteiger partial charge in [-0.2, -0.15) is 0 Å². The SMILES string of the molecule is O=C(NCc1ncccc1F)c1csc(C2CCN(C(=O)O)C2)n1. The molecule has 24 heavy (non-hydrogen) atoms. The molecular formula is C15H15FN4O3S. The van der Waals surface area contributed by atoms with Crippen molar-refractivity contribution in [2.45, 2.75) is 18.9 Å². The highest BCUT2D eigenvalue weighted by Gasteiger charge is 2.29. The summed E-state index contributed by atoms with van der Waals surface area (Å²) in [5, 5.41) is 13.9. The van der Waals surface area contributed by atoms with Crippen molar-refractivity contribution in [3.63, 3.8) is 0 Å². The minimum atomic E-state index is -0.940. The predicted molar refractivity (Wildman–Crippen MR) is 84.4 cm³/mol. The van der Waals surface area contributed by atoms with Gasteiger partial charge in [-0.3, -0.25) is 9.78 Å². The lowest BCUT2D eigenvalue weighted by Gasteiger charge is -2.10. The number of carbonyl (C=O) groups excluding carboxylic acids is 1. The van der Waals surface area contributed by atoms with Crippen LogP contribution in [0.15, 0.2) is 23.7 Å². The van der Waals surface area contributed by atoms with Crippen LogP contribution in [0, 0.1) is 5.82 Å². The number of amides is 2. The second-order valence-electron chi connectivity index (χ2n) is 5.40. The lowest BCUT2D eigenvalue weighted by molar-refractivity contribution is 0.0945. The van der Waals surface area contributed by atoms with E-state index in [-0.39, 0.29) is 23.9 Å². The number of rotatable bonds is 4. The van der Waals surface area contributed by atoms with Gasteiger partial charge in [0.25, 0.3) is 5.91 Å². The van der Waals surface area contributed by atoms with Crippen LogP contribution in [0.2, 0.25) is 0 Å². The topological polar surface area (TPSA) is 95.4 Å². The van der Waals surface area contributed by atoms with E-state index in [4.69, 9.17) is 5.11 Å². The Kier molecular flexibility index (Phi) is 4.70. The Labute approximate surface area is 141 Å². The maximum atomic E-state index is 13.5. The largest absolute Gasteiger partial charge is 0.465 e. The molecule has 1 atom stereocenters. The molecule has 3 heterocycles. The second-order valence-corrected chi connectivity index (χ2v) is 6.29. The van der Waals surface area contributed by atoms with Crippen molar-refractivity contribution in [2.75, 3.05) is 13.1 Å². The van der Waals surface area contributed by atoms with Crippen LogP contribution in [0.5, 0.6) is 0 Å². The summed E-state index contributed by atoms with van der Waals surface area (Å²) in [7, 11) is 0. The summed E-state index contributed by atoms with van der Waals surface area (Å²) in [6.07, 6.45) is 1.21. The number of nitrogens with zero attached hydrogens (tertiary/aromatic N) is 3. The van der Waals surface area contributed by atoms with Crippen molar-refractivity contribution in [1.82, 2.24) is 20.2 Å². The van der Waals surface area contributed by atoms with E-state index in [1.807, 2.05) is 0 Å². The van der Waals surface area contributed by atoms with Gasteiger partial charge in [-0.15, -0.1) is 11.3 Å².